The third kappa shape index (κ3) is 4.07. The van der Waals surface area contributed by atoms with Gasteiger partial charge in [0.1, 0.15) is 0 Å². The summed E-state index contributed by atoms with van der Waals surface area (Å²) >= 11 is 17.6. The van der Waals surface area contributed by atoms with Gasteiger partial charge in [0, 0.05) is 6.54 Å². The summed E-state index contributed by atoms with van der Waals surface area (Å²) in [7, 11) is 0. The lowest BCUT2D eigenvalue weighted by Crippen LogP contribution is -2.09. The fourth-order valence-corrected chi connectivity index (χ4v) is 1.69. The molecule has 0 radical (unpaired) electrons. The number of benzene rings is 1. The fourth-order valence-electron chi connectivity index (χ4n) is 1.07. The zero-order valence-electron chi connectivity index (χ0n) is 8.23. The van der Waals surface area contributed by atoms with E-state index in [9.17, 15) is 0 Å². The monoisotopic (exact) mass is 267 g/mol. The van der Waals surface area contributed by atoms with Crippen molar-refractivity contribution in [2.24, 2.45) is 0 Å². The van der Waals surface area contributed by atoms with Crippen LogP contribution in [0.15, 0.2) is 12.1 Å². The predicted molar refractivity (Wildman–Crippen MR) is 66.3 cm³/mol. The average molecular weight is 269 g/mol. The van der Waals surface area contributed by atoms with Crippen molar-refractivity contribution in [1.82, 2.24) is 0 Å². The second kappa shape index (κ2) is 5.80. The van der Waals surface area contributed by atoms with E-state index in [0.29, 0.717) is 28.0 Å². The molecule has 2 nitrogen and oxygen atoms in total. The molecule has 0 saturated heterocycles. The van der Waals surface area contributed by atoms with Crippen LogP contribution in [0, 0.1) is 0 Å². The second-order valence-corrected chi connectivity index (χ2v) is 4.53. The molecule has 0 aliphatic carbocycles. The zero-order chi connectivity index (χ0) is 11.4. The molecule has 1 aromatic rings. The van der Waals surface area contributed by atoms with E-state index in [1.807, 2.05) is 0 Å². The molecule has 0 heterocycles. The minimum absolute atomic E-state index is 0.334. The van der Waals surface area contributed by atoms with E-state index in [2.05, 4.69) is 5.32 Å². The average Bonchev–Trinajstić information content (AvgIpc) is 2.13. The van der Waals surface area contributed by atoms with Crippen molar-refractivity contribution in [3.63, 3.8) is 0 Å². The maximum absolute atomic E-state index is 9.08. The van der Waals surface area contributed by atoms with Gasteiger partial charge in [0.2, 0.25) is 0 Å². The molecule has 0 aromatic heterocycles. The molecule has 1 rings (SSSR count). The van der Waals surface area contributed by atoms with Crippen LogP contribution in [-0.4, -0.2) is 17.8 Å². The summed E-state index contributed by atoms with van der Waals surface area (Å²) in [5, 5.41) is 13.6. The summed E-state index contributed by atoms with van der Waals surface area (Å²) in [6.07, 6.45) is 0.315. The smallest absolute Gasteiger partial charge is 0.0653 e. The third-order valence-corrected chi connectivity index (χ3v) is 2.92. The lowest BCUT2D eigenvalue weighted by atomic mass is 10.2. The Kier molecular flexibility index (Phi) is 5.00. The van der Waals surface area contributed by atoms with E-state index in [1.165, 1.54) is 0 Å². The molecule has 1 atom stereocenters. The van der Waals surface area contributed by atoms with Crippen molar-refractivity contribution >= 4 is 40.5 Å². The molecular formula is C10H12Cl3NO. The molecule has 0 aliphatic rings. The van der Waals surface area contributed by atoms with Crippen LogP contribution in [0.5, 0.6) is 0 Å². The molecule has 1 unspecified atom stereocenters. The first-order valence-corrected chi connectivity index (χ1v) is 5.70. The summed E-state index contributed by atoms with van der Waals surface area (Å²) in [5.41, 5.74) is 0.728. The molecule has 15 heavy (non-hydrogen) atoms. The number of hydrogen-bond donors (Lipinski definition) is 2. The number of halogens is 3. The summed E-state index contributed by atoms with van der Waals surface area (Å²) in [6, 6.07) is 3.27. The van der Waals surface area contributed by atoms with Gasteiger partial charge in [-0.3, -0.25) is 0 Å². The van der Waals surface area contributed by atoms with Gasteiger partial charge in [-0.05, 0) is 25.5 Å². The number of aliphatic hydroxyl groups excluding tert-OH is 1. The standard InChI is InChI=1S/C10H12Cl3NO/c1-6(15)2-3-14-10-5-8(12)7(11)4-9(10)13/h4-6,14-15H,2-3H2,1H3. The molecule has 0 aliphatic heterocycles. The zero-order valence-corrected chi connectivity index (χ0v) is 10.5. The van der Waals surface area contributed by atoms with Crippen LogP contribution < -0.4 is 5.32 Å². The molecule has 0 spiro atoms. The van der Waals surface area contributed by atoms with Gasteiger partial charge in [-0.25, -0.2) is 0 Å². The SMILES string of the molecule is CC(O)CCNc1cc(Cl)c(Cl)cc1Cl. The van der Waals surface area contributed by atoms with Crippen molar-refractivity contribution in [2.75, 3.05) is 11.9 Å². The number of nitrogens with one attached hydrogen (secondary N) is 1. The van der Waals surface area contributed by atoms with E-state index < -0.39 is 0 Å². The minimum atomic E-state index is -0.334. The van der Waals surface area contributed by atoms with Gasteiger partial charge < -0.3 is 10.4 Å². The molecule has 5 heteroatoms. The summed E-state index contributed by atoms with van der Waals surface area (Å²) in [4.78, 5) is 0. The quantitative estimate of drug-likeness (QED) is 0.814. The van der Waals surface area contributed by atoms with Gasteiger partial charge >= 0.3 is 0 Å². The molecule has 0 fully saturated rings. The lowest BCUT2D eigenvalue weighted by Gasteiger charge is -2.10. The van der Waals surface area contributed by atoms with Crippen molar-refractivity contribution in [2.45, 2.75) is 19.4 Å². The number of aliphatic hydroxyl groups is 1. The van der Waals surface area contributed by atoms with E-state index in [-0.39, 0.29) is 6.10 Å². The van der Waals surface area contributed by atoms with Gasteiger partial charge in [0.05, 0.1) is 26.9 Å². The highest BCUT2D eigenvalue weighted by Crippen LogP contribution is 2.32. The van der Waals surface area contributed by atoms with Crippen molar-refractivity contribution in [3.8, 4) is 0 Å². The molecule has 84 valence electrons. The minimum Gasteiger partial charge on any atom is -0.393 e. The Labute approximate surface area is 104 Å². The van der Waals surface area contributed by atoms with Crippen LogP contribution >= 0.6 is 34.8 Å². The van der Waals surface area contributed by atoms with Crippen LogP contribution in [-0.2, 0) is 0 Å². The van der Waals surface area contributed by atoms with Crippen molar-refractivity contribution in [1.29, 1.82) is 0 Å². The maximum Gasteiger partial charge on any atom is 0.0653 e. The predicted octanol–water partition coefficient (Wildman–Crippen LogP) is 3.83. The highest BCUT2D eigenvalue weighted by molar-refractivity contribution is 6.44. The van der Waals surface area contributed by atoms with Gasteiger partial charge in [-0.1, -0.05) is 34.8 Å². The van der Waals surface area contributed by atoms with E-state index >= 15 is 0 Å². The number of rotatable bonds is 4. The first-order valence-electron chi connectivity index (χ1n) is 4.57. The van der Waals surface area contributed by atoms with Crippen LogP contribution in [0.1, 0.15) is 13.3 Å². The molecule has 0 saturated carbocycles. The Morgan fingerprint density at radius 2 is 1.80 bits per heavy atom. The highest BCUT2D eigenvalue weighted by Gasteiger charge is 2.05. The van der Waals surface area contributed by atoms with Crippen LogP contribution in [0.2, 0.25) is 15.1 Å². The Hall–Kier alpha value is -0.150. The fraction of sp³-hybridized carbons (Fsp3) is 0.400. The molecule has 2 N–H and O–H groups in total. The van der Waals surface area contributed by atoms with Gasteiger partial charge in [0.15, 0.2) is 0 Å². The first-order chi connectivity index (χ1) is 7.00. The van der Waals surface area contributed by atoms with Gasteiger partial charge in [-0.15, -0.1) is 0 Å². The lowest BCUT2D eigenvalue weighted by molar-refractivity contribution is 0.189. The topological polar surface area (TPSA) is 32.3 Å². The maximum atomic E-state index is 9.08. The summed E-state index contributed by atoms with van der Waals surface area (Å²) in [5.74, 6) is 0. The summed E-state index contributed by atoms with van der Waals surface area (Å²) in [6.45, 7) is 2.37. The Morgan fingerprint density at radius 3 is 2.40 bits per heavy atom. The van der Waals surface area contributed by atoms with E-state index in [4.69, 9.17) is 39.9 Å². The van der Waals surface area contributed by atoms with Crippen molar-refractivity contribution < 1.29 is 5.11 Å². The van der Waals surface area contributed by atoms with Gasteiger partial charge in [0.25, 0.3) is 0 Å². The van der Waals surface area contributed by atoms with Crippen LogP contribution in [0.25, 0.3) is 0 Å². The van der Waals surface area contributed by atoms with E-state index in [0.717, 1.165) is 5.69 Å². The molecule has 1 aromatic carbocycles. The Morgan fingerprint density at radius 1 is 1.20 bits per heavy atom. The number of anilines is 1. The molecule has 0 bridgehead atoms. The van der Waals surface area contributed by atoms with E-state index in [1.54, 1.807) is 19.1 Å². The Balaban J connectivity index is 2.65. The number of hydrogen-bond acceptors (Lipinski definition) is 2. The largest absolute Gasteiger partial charge is 0.393 e. The normalized spacial score (nSPS) is 12.6. The van der Waals surface area contributed by atoms with Gasteiger partial charge in [-0.2, -0.15) is 0 Å². The molecule has 0 amide bonds. The summed E-state index contributed by atoms with van der Waals surface area (Å²) < 4.78 is 0. The van der Waals surface area contributed by atoms with Crippen LogP contribution in [0.3, 0.4) is 0 Å². The highest BCUT2D eigenvalue weighted by atomic mass is 35.5. The first kappa shape index (κ1) is 12.9. The third-order valence-electron chi connectivity index (χ3n) is 1.89. The van der Waals surface area contributed by atoms with Crippen LogP contribution in [0.4, 0.5) is 5.69 Å². The van der Waals surface area contributed by atoms with Crippen molar-refractivity contribution in [3.05, 3.63) is 27.2 Å². The Bertz CT molecular complexity index is 342. The molecular weight excluding hydrogens is 256 g/mol. The second-order valence-electron chi connectivity index (χ2n) is 3.31.